The van der Waals surface area contributed by atoms with Crippen molar-refractivity contribution in [3.63, 3.8) is 0 Å². The molecule has 0 N–H and O–H groups in total. The number of fused-ring (bicyclic) bond motifs is 1. The minimum atomic E-state index is -0.0446. The molecular formula is C8H10O2. The molecule has 0 radical (unpaired) electrons. The molecule has 0 saturated carbocycles. The number of hydrogen-bond acceptors (Lipinski definition) is 2. The molecule has 0 aromatic heterocycles. The van der Waals surface area contributed by atoms with Crippen LogP contribution in [0.25, 0.3) is 0 Å². The van der Waals surface area contributed by atoms with Gasteiger partial charge in [-0.2, -0.15) is 0 Å². The van der Waals surface area contributed by atoms with Crippen LogP contribution in [0.1, 0.15) is 19.8 Å². The molecule has 54 valence electrons. The van der Waals surface area contributed by atoms with Gasteiger partial charge in [0, 0.05) is 5.41 Å². The lowest BCUT2D eigenvalue weighted by molar-refractivity contribution is -0.140. The van der Waals surface area contributed by atoms with Crippen LogP contribution in [0.15, 0.2) is 12.2 Å². The Morgan fingerprint density at radius 1 is 1.80 bits per heavy atom. The topological polar surface area (TPSA) is 26.3 Å². The average Bonchev–Trinajstić information content (AvgIpc) is 2.20. The molecule has 2 atom stereocenters. The molecule has 1 aliphatic heterocycles. The fourth-order valence-electron chi connectivity index (χ4n) is 1.68. The molecule has 2 heteroatoms. The number of rotatable bonds is 0. The molecule has 0 aromatic carbocycles. The summed E-state index contributed by atoms with van der Waals surface area (Å²) in [6.45, 7) is 2.10. The minimum absolute atomic E-state index is 0.0446. The van der Waals surface area contributed by atoms with Gasteiger partial charge in [-0.3, -0.25) is 4.79 Å². The molecule has 0 aromatic rings. The number of esters is 1. The van der Waals surface area contributed by atoms with Gasteiger partial charge in [0.1, 0.15) is 6.10 Å². The molecule has 0 unspecified atom stereocenters. The van der Waals surface area contributed by atoms with Gasteiger partial charge in [0.2, 0.25) is 0 Å². The van der Waals surface area contributed by atoms with Crippen LogP contribution in [-0.2, 0) is 9.53 Å². The van der Waals surface area contributed by atoms with Crippen molar-refractivity contribution in [2.24, 2.45) is 5.41 Å². The van der Waals surface area contributed by atoms with Crippen LogP contribution < -0.4 is 0 Å². The zero-order valence-electron chi connectivity index (χ0n) is 5.96. The highest BCUT2D eigenvalue weighted by Gasteiger charge is 2.45. The largest absolute Gasteiger partial charge is 0.457 e. The van der Waals surface area contributed by atoms with Crippen LogP contribution in [0.3, 0.4) is 0 Å². The molecule has 10 heavy (non-hydrogen) atoms. The number of carbonyl (C=O) groups excluding carboxylic acids is 1. The highest BCUT2D eigenvalue weighted by atomic mass is 16.6. The van der Waals surface area contributed by atoms with Crippen molar-refractivity contribution in [2.75, 3.05) is 0 Å². The summed E-state index contributed by atoms with van der Waals surface area (Å²) in [6, 6.07) is 0. The summed E-state index contributed by atoms with van der Waals surface area (Å²) in [5.74, 6) is -0.0446. The van der Waals surface area contributed by atoms with Gasteiger partial charge in [-0.1, -0.05) is 13.0 Å². The van der Waals surface area contributed by atoms with Gasteiger partial charge in [0.25, 0.3) is 0 Å². The predicted octanol–water partition coefficient (Wildman–Crippen LogP) is 1.27. The number of ether oxygens (including phenoxy) is 1. The summed E-state index contributed by atoms with van der Waals surface area (Å²) < 4.78 is 5.06. The predicted molar refractivity (Wildman–Crippen MR) is 36.4 cm³/mol. The van der Waals surface area contributed by atoms with Gasteiger partial charge in [-0.05, 0) is 12.5 Å². The quantitative estimate of drug-likeness (QED) is 0.372. The van der Waals surface area contributed by atoms with Crippen molar-refractivity contribution in [1.29, 1.82) is 0 Å². The standard InChI is InChI=1S/C8H10O2/c1-8-4-2-3-6(8)10-7(9)5-8/h2-3,6H,4-5H2,1H3/t6-,8-/m1/s1. The Balaban J connectivity index is 2.28. The molecule has 2 nitrogen and oxygen atoms in total. The van der Waals surface area contributed by atoms with Crippen LogP contribution in [0.5, 0.6) is 0 Å². The van der Waals surface area contributed by atoms with E-state index in [1.807, 2.05) is 6.08 Å². The lowest BCUT2D eigenvalue weighted by atomic mass is 9.84. The third-order valence-corrected chi connectivity index (χ3v) is 2.39. The Morgan fingerprint density at radius 3 is 3.30 bits per heavy atom. The van der Waals surface area contributed by atoms with Crippen molar-refractivity contribution in [3.05, 3.63) is 12.2 Å². The molecule has 1 fully saturated rings. The minimum Gasteiger partial charge on any atom is -0.457 e. The van der Waals surface area contributed by atoms with Gasteiger partial charge in [0.15, 0.2) is 0 Å². The smallest absolute Gasteiger partial charge is 0.307 e. The first-order valence-corrected chi connectivity index (χ1v) is 3.57. The second kappa shape index (κ2) is 1.62. The molecule has 1 saturated heterocycles. The fourth-order valence-corrected chi connectivity index (χ4v) is 1.68. The maximum absolute atomic E-state index is 10.8. The van der Waals surface area contributed by atoms with Crippen LogP contribution in [-0.4, -0.2) is 12.1 Å². The van der Waals surface area contributed by atoms with E-state index in [2.05, 4.69) is 13.0 Å². The Hall–Kier alpha value is -0.790. The first-order valence-electron chi connectivity index (χ1n) is 3.57. The highest BCUT2D eigenvalue weighted by molar-refractivity contribution is 5.73. The molecule has 2 aliphatic rings. The van der Waals surface area contributed by atoms with E-state index in [0.29, 0.717) is 6.42 Å². The number of allylic oxidation sites excluding steroid dienone is 1. The van der Waals surface area contributed by atoms with Gasteiger partial charge in [-0.25, -0.2) is 0 Å². The molecule has 0 spiro atoms. The van der Waals surface area contributed by atoms with Crippen LogP contribution in [0.2, 0.25) is 0 Å². The van der Waals surface area contributed by atoms with E-state index in [9.17, 15) is 4.79 Å². The zero-order valence-corrected chi connectivity index (χ0v) is 5.96. The van der Waals surface area contributed by atoms with Crippen molar-refractivity contribution in [1.82, 2.24) is 0 Å². The third-order valence-electron chi connectivity index (χ3n) is 2.39. The summed E-state index contributed by atoms with van der Waals surface area (Å²) >= 11 is 0. The summed E-state index contributed by atoms with van der Waals surface area (Å²) in [5.41, 5.74) is 0.0943. The summed E-state index contributed by atoms with van der Waals surface area (Å²) in [7, 11) is 0. The van der Waals surface area contributed by atoms with E-state index in [4.69, 9.17) is 4.74 Å². The number of carbonyl (C=O) groups is 1. The maximum atomic E-state index is 10.8. The zero-order chi connectivity index (χ0) is 7.19. The van der Waals surface area contributed by atoms with Gasteiger partial charge < -0.3 is 4.74 Å². The fraction of sp³-hybridized carbons (Fsp3) is 0.625. The van der Waals surface area contributed by atoms with Crippen molar-refractivity contribution < 1.29 is 9.53 Å². The lowest BCUT2D eigenvalue weighted by Gasteiger charge is -2.18. The van der Waals surface area contributed by atoms with E-state index in [1.165, 1.54) is 0 Å². The molecule has 0 bridgehead atoms. The Kier molecular flexibility index (Phi) is 0.967. The summed E-state index contributed by atoms with van der Waals surface area (Å²) in [5, 5.41) is 0. The van der Waals surface area contributed by atoms with Gasteiger partial charge in [-0.15, -0.1) is 0 Å². The first-order chi connectivity index (χ1) is 4.71. The SMILES string of the molecule is C[C@]12CC=C[C@H]1OC(=O)C2. The van der Waals surface area contributed by atoms with Gasteiger partial charge in [0.05, 0.1) is 6.42 Å². The molecule has 1 heterocycles. The van der Waals surface area contributed by atoms with E-state index in [0.717, 1.165) is 6.42 Å². The number of hydrogen-bond donors (Lipinski definition) is 0. The van der Waals surface area contributed by atoms with Crippen molar-refractivity contribution in [3.8, 4) is 0 Å². The summed E-state index contributed by atoms with van der Waals surface area (Å²) in [4.78, 5) is 10.8. The van der Waals surface area contributed by atoms with Gasteiger partial charge >= 0.3 is 5.97 Å². The van der Waals surface area contributed by atoms with E-state index < -0.39 is 0 Å². The van der Waals surface area contributed by atoms with E-state index in [1.54, 1.807) is 0 Å². The van der Waals surface area contributed by atoms with Crippen LogP contribution in [0, 0.1) is 5.41 Å². The second-order valence-electron chi connectivity index (χ2n) is 3.37. The molecular weight excluding hydrogens is 128 g/mol. The molecule has 0 amide bonds. The Morgan fingerprint density at radius 2 is 2.60 bits per heavy atom. The van der Waals surface area contributed by atoms with Crippen LogP contribution >= 0.6 is 0 Å². The Bertz CT molecular complexity index is 207. The monoisotopic (exact) mass is 138 g/mol. The Labute approximate surface area is 59.9 Å². The van der Waals surface area contributed by atoms with E-state index in [-0.39, 0.29) is 17.5 Å². The van der Waals surface area contributed by atoms with Crippen LogP contribution in [0.4, 0.5) is 0 Å². The van der Waals surface area contributed by atoms with Crippen molar-refractivity contribution in [2.45, 2.75) is 25.9 Å². The third kappa shape index (κ3) is 0.618. The summed E-state index contributed by atoms with van der Waals surface area (Å²) in [6.07, 6.45) is 5.73. The average molecular weight is 138 g/mol. The molecule has 2 rings (SSSR count). The normalized spacial score (nSPS) is 43.7. The molecule has 1 aliphatic carbocycles. The maximum Gasteiger partial charge on any atom is 0.307 e. The first kappa shape index (κ1) is 5.96. The highest BCUT2D eigenvalue weighted by Crippen LogP contribution is 2.43. The van der Waals surface area contributed by atoms with E-state index >= 15 is 0 Å². The van der Waals surface area contributed by atoms with Crippen molar-refractivity contribution >= 4 is 5.97 Å². The second-order valence-corrected chi connectivity index (χ2v) is 3.37. The lowest BCUT2D eigenvalue weighted by Crippen LogP contribution is -2.20.